The Morgan fingerprint density at radius 1 is 1.17 bits per heavy atom. The highest BCUT2D eigenvalue weighted by atomic mass is 16.5. The van der Waals surface area contributed by atoms with E-state index in [-0.39, 0.29) is 23.7 Å². The molecule has 4 saturated carbocycles. The largest absolute Gasteiger partial charge is 0.388 e. The first kappa shape index (κ1) is 22.1. The Morgan fingerprint density at radius 2 is 1.97 bits per heavy atom. The molecule has 8 atom stereocenters. The molecule has 6 nitrogen and oxygen atoms in total. The van der Waals surface area contributed by atoms with E-state index in [1.807, 2.05) is 7.11 Å². The van der Waals surface area contributed by atoms with Crippen molar-refractivity contribution in [1.82, 2.24) is 5.12 Å². The summed E-state index contributed by atoms with van der Waals surface area (Å²) in [6, 6.07) is 0. The summed E-state index contributed by atoms with van der Waals surface area (Å²) in [7, 11) is 1.90. The van der Waals surface area contributed by atoms with E-state index < -0.39 is 0 Å². The number of methoxy groups -OCH3 is 1. The fourth-order valence-corrected chi connectivity index (χ4v) is 8.74. The van der Waals surface area contributed by atoms with Gasteiger partial charge >= 0.3 is 0 Å². The first-order valence-electron chi connectivity index (χ1n) is 12.1. The number of fused-ring (bicyclic) bond motifs is 5. The Hall–Kier alpha value is -1.14. The number of Topliss-reactive ketones (excluding diaryl/α,β-unsaturated/α-hetero) is 1. The molecule has 4 rings (SSSR count). The van der Waals surface area contributed by atoms with Crippen molar-refractivity contribution in [2.45, 2.75) is 71.6 Å². The SMILES string of the molecule is COCC12CC[C@H](C)CC1CC[C@@H]1C2CCC2(C)C1CC[C@@H]2C(=O)CN(N)/N=C\N. The van der Waals surface area contributed by atoms with E-state index in [0.29, 0.717) is 11.3 Å². The molecule has 170 valence electrons. The van der Waals surface area contributed by atoms with Crippen molar-refractivity contribution in [1.29, 1.82) is 0 Å². The molecule has 0 aromatic heterocycles. The van der Waals surface area contributed by atoms with Crippen molar-refractivity contribution in [3.8, 4) is 0 Å². The average molecular weight is 419 g/mol. The van der Waals surface area contributed by atoms with Crippen LogP contribution in [0.2, 0.25) is 0 Å². The van der Waals surface area contributed by atoms with Gasteiger partial charge in [0.15, 0.2) is 5.78 Å². The van der Waals surface area contributed by atoms with Crippen LogP contribution in [0.5, 0.6) is 0 Å². The first-order valence-corrected chi connectivity index (χ1v) is 12.1. The number of carbonyl (C=O) groups is 1. The Labute approximate surface area is 182 Å². The second-order valence-electron chi connectivity index (χ2n) is 11.2. The van der Waals surface area contributed by atoms with Crippen LogP contribution in [-0.2, 0) is 9.53 Å². The minimum absolute atomic E-state index is 0.102. The molecule has 0 amide bonds. The highest BCUT2D eigenvalue weighted by Gasteiger charge is 2.62. The van der Waals surface area contributed by atoms with Crippen molar-refractivity contribution < 1.29 is 9.53 Å². The minimum atomic E-state index is 0.102. The Bertz CT molecular complexity index is 670. The number of ether oxygens (including phenoxy) is 1. The molecule has 0 bridgehead atoms. The van der Waals surface area contributed by atoms with Crippen LogP contribution in [0.25, 0.3) is 0 Å². The highest BCUT2D eigenvalue weighted by Crippen LogP contribution is 2.68. The van der Waals surface area contributed by atoms with Gasteiger partial charge in [-0.25, -0.2) is 11.0 Å². The molecule has 6 heteroatoms. The predicted octanol–water partition coefficient (Wildman–Crippen LogP) is 3.55. The molecule has 0 saturated heterocycles. The van der Waals surface area contributed by atoms with E-state index in [9.17, 15) is 4.79 Å². The lowest BCUT2D eigenvalue weighted by Crippen LogP contribution is -2.56. The van der Waals surface area contributed by atoms with E-state index in [1.165, 1.54) is 50.1 Å². The summed E-state index contributed by atoms with van der Waals surface area (Å²) in [5.41, 5.74) is 5.81. The van der Waals surface area contributed by atoms with E-state index in [0.717, 1.165) is 49.5 Å². The molecule has 0 aromatic rings. The molecule has 0 radical (unpaired) electrons. The number of nitrogens with two attached hydrogens (primary N) is 2. The topological polar surface area (TPSA) is 93.9 Å². The summed E-state index contributed by atoms with van der Waals surface area (Å²) in [5.74, 6) is 10.0. The van der Waals surface area contributed by atoms with Crippen LogP contribution in [0.1, 0.15) is 71.6 Å². The minimum Gasteiger partial charge on any atom is -0.388 e. The summed E-state index contributed by atoms with van der Waals surface area (Å²) in [6.45, 7) is 5.91. The number of hydrazine groups is 1. The monoisotopic (exact) mass is 418 g/mol. The first-order chi connectivity index (χ1) is 14.4. The summed E-state index contributed by atoms with van der Waals surface area (Å²) >= 11 is 0. The van der Waals surface area contributed by atoms with Gasteiger partial charge in [0, 0.05) is 13.0 Å². The summed E-state index contributed by atoms with van der Waals surface area (Å²) in [4.78, 5) is 13.1. The molecular weight excluding hydrogens is 376 g/mol. The van der Waals surface area contributed by atoms with Crippen LogP contribution in [0.3, 0.4) is 0 Å². The smallest absolute Gasteiger partial charge is 0.159 e. The van der Waals surface area contributed by atoms with Crippen LogP contribution in [0, 0.1) is 46.3 Å². The molecule has 30 heavy (non-hydrogen) atoms. The predicted molar refractivity (Wildman–Crippen MR) is 119 cm³/mol. The zero-order valence-corrected chi connectivity index (χ0v) is 19.2. The Balaban J connectivity index is 1.55. The third-order valence-corrected chi connectivity index (χ3v) is 9.96. The van der Waals surface area contributed by atoms with Gasteiger partial charge in [0.2, 0.25) is 0 Å². The third-order valence-electron chi connectivity index (χ3n) is 9.96. The maximum atomic E-state index is 13.1. The van der Waals surface area contributed by atoms with Gasteiger partial charge in [-0.2, -0.15) is 5.10 Å². The van der Waals surface area contributed by atoms with Crippen LogP contribution in [0.4, 0.5) is 0 Å². The molecule has 5 unspecified atom stereocenters. The maximum absolute atomic E-state index is 13.1. The third kappa shape index (κ3) is 3.48. The van der Waals surface area contributed by atoms with Gasteiger partial charge in [-0.3, -0.25) is 4.79 Å². The number of hydrazone groups is 1. The molecule has 4 N–H and O–H groups in total. The fourth-order valence-electron chi connectivity index (χ4n) is 8.74. The number of ketones is 1. The maximum Gasteiger partial charge on any atom is 0.159 e. The van der Waals surface area contributed by atoms with Gasteiger partial charge in [-0.05, 0) is 91.8 Å². The van der Waals surface area contributed by atoms with Crippen molar-refractivity contribution >= 4 is 12.1 Å². The quantitative estimate of drug-likeness (QED) is 0.298. The number of hydrogen-bond acceptors (Lipinski definition) is 5. The number of rotatable bonds is 6. The Kier molecular flexibility index (Phi) is 6.19. The van der Waals surface area contributed by atoms with E-state index in [4.69, 9.17) is 16.3 Å². The average Bonchev–Trinajstić information content (AvgIpc) is 3.06. The van der Waals surface area contributed by atoms with Gasteiger partial charge in [0.05, 0.1) is 6.61 Å². The highest BCUT2D eigenvalue weighted by molar-refractivity contribution is 5.84. The van der Waals surface area contributed by atoms with Gasteiger partial charge in [0.25, 0.3) is 0 Å². The van der Waals surface area contributed by atoms with Crippen molar-refractivity contribution in [3.05, 3.63) is 0 Å². The van der Waals surface area contributed by atoms with Gasteiger partial charge < -0.3 is 10.5 Å². The van der Waals surface area contributed by atoms with E-state index in [1.54, 1.807) is 0 Å². The summed E-state index contributed by atoms with van der Waals surface area (Å²) < 4.78 is 5.89. The van der Waals surface area contributed by atoms with E-state index in [2.05, 4.69) is 18.9 Å². The van der Waals surface area contributed by atoms with Crippen LogP contribution >= 0.6 is 0 Å². The lowest BCUT2D eigenvalue weighted by atomic mass is 9.44. The van der Waals surface area contributed by atoms with Crippen LogP contribution in [0.15, 0.2) is 5.10 Å². The Morgan fingerprint density at radius 3 is 2.70 bits per heavy atom. The second kappa shape index (κ2) is 8.42. The molecule has 4 aliphatic carbocycles. The van der Waals surface area contributed by atoms with Crippen molar-refractivity contribution in [3.63, 3.8) is 0 Å². The van der Waals surface area contributed by atoms with Crippen LogP contribution in [-0.4, -0.2) is 37.5 Å². The molecule has 0 aliphatic heterocycles. The number of carbonyl (C=O) groups excluding carboxylic acids is 1. The lowest BCUT2D eigenvalue weighted by Gasteiger charge is -2.62. The normalized spacial score (nSPS) is 45.6. The standard InChI is InChI=1S/C24H42N4O2/c1-16-8-11-24(14-30-3)17(12-16)4-5-18-19-6-7-21(22(29)13-28(26)27-15-25)23(19,2)10-9-20(18)24/h15-21H,4-14,26H2,1-3H3,(H2,25,27)/t16-,17?,18-,19?,20?,21+,23?,24?/m0/s1. The fraction of sp³-hybridized carbons (Fsp3) is 0.917. The molecule has 4 aliphatic rings. The number of hydrogen-bond donors (Lipinski definition) is 2. The lowest BCUT2D eigenvalue weighted by molar-refractivity contribution is -0.154. The number of nitrogens with zero attached hydrogens (tertiary/aromatic N) is 2. The second-order valence-corrected chi connectivity index (χ2v) is 11.2. The van der Waals surface area contributed by atoms with E-state index >= 15 is 0 Å². The van der Waals surface area contributed by atoms with Gasteiger partial charge in [0.1, 0.15) is 12.9 Å². The molecular formula is C24H42N4O2. The zero-order chi connectivity index (χ0) is 21.5. The van der Waals surface area contributed by atoms with Crippen LogP contribution < -0.4 is 11.6 Å². The van der Waals surface area contributed by atoms with Crippen molar-refractivity contribution in [2.75, 3.05) is 20.3 Å². The van der Waals surface area contributed by atoms with Gasteiger partial charge in [-0.15, -0.1) is 0 Å². The summed E-state index contributed by atoms with van der Waals surface area (Å²) in [6.07, 6.45) is 12.5. The van der Waals surface area contributed by atoms with Crippen molar-refractivity contribution in [2.24, 2.45) is 63.0 Å². The molecule has 0 aromatic carbocycles. The van der Waals surface area contributed by atoms with Gasteiger partial charge in [-0.1, -0.05) is 20.3 Å². The zero-order valence-electron chi connectivity index (χ0n) is 19.2. The molecule has 0 spiro atoms. The molecule has 4 fully saturated rings. The summed E-state index contributed by atoms with van der Waals surface area (Å²) in [5, 5.41) is 5.03. The molecule has 0 heterocycles.